The van der Waals surface area contributed by atoms with Crippen molar-refractivity contribution in [2.75, 3.05) is 31.1 Å². The first kappa shape index (κ1) is 14.7. The van der Waals surface area contributed by atoms with Crippen LogP contribution in [0.15, 0.2) is 6.33 Å². The van der Waals surface area contributed by atoms with Crippen LogP contribution in [0.2, 0.25) is 0 Å². The number of nitrogen functional groups attached to an aromatic ring is 1. The summed E-state index contributed by atoms with van der Waals surface area (Å²) in [4.78, 5) is 29.6. The van der Waals surface area contributed by atoms with Crippen LogP contribution < -0.4 is 11.1 Å². The molecule has 2 heterocycles. The van der Waals surface area contributed by atoms with Gasteiger partial charge in [0, 0.05) is 13.6 Å². The van der Waals surface area contributed by atoms with Crippen LogP contribution in [0, 0.1) is 0 Å². The number of anilines is 2. The molecule has 2 aromatic rings. The molecule has 0 amide bonds. The molecule has 0 aliphatic rings. The van der Waals surface area contributed by atoms with Gasteiger partial charge in [-0.05, 0) is 0 Å². The fraction of sp³-hybridized carbons (Fsp3) is 0.444. The van der Waals surface area contributed by atoms with E-state index in [1.54, 1.807) is 17.9 Å². The number of nitrogens with zero attached hydrogens (tertiary/aromatic N) is 4. The van der Waals surface area contributed by atoms with Crippen molar-refractivity contribution in [2.45, 2.75) is 6.54 Å². The molecular formula is C9H15N6O4P. The Morgan fingerprint density at radius 1 is 1.50 bits per heavy atom. The second-order valence-electron chi connectivity index (χ2n) is 3.99. The molecule has 11 heteroatoms. The van der Waals surface area contributed by atoms with E-state index in [-0.39, 0.29) is 12.6 Å². The number of aromatic nitrogens is 4. The highest BCUT2D eigenvalue weighted by Crippen LogP contribution is 2.33. The molecule has 0 bridgehead atoms. The fourth-order valence-corrected chi connectivity index (χ4v) is 2.01. The number of nitrogens with two attached hydrogens (primary N) is 1. The molecule has 0 fully saturated rings. The number of ether oxygens (including phenoxy) is 1. The highest BCUT2D eigenvalue weighted by molar-refractivity contribution is 7.51. The van der Waals surface area contributed by atoms with E-state index < -0.39 is 13.9 Å². The summed E-state index contributed by atoms with van der Waals surface area (Å²) in [6.45, 7) is 0.464. The zero-order valence-electron chi connectivity index (χ0n) is 10.7. The van der Waals surface area contributed by atoms with Crippen molar-refractivity contribution in [1.29, 1.82) is 0 Å². The van der Waals surface area contributed by atoms with Crippen molar-refractivity contribution in [1.82, 2.24) is 19.5 Å². The summed E-state index contributed by atoms with van der Waals surface area (Å²) in [6, 6.07) is 0. The number of rotatable bonds is 6. The molecule has 0 saturated carbocycles. The van der Waals surface area contributed by atoms with Gasteiger partial charge in [-0.15, -0.1) is 0 Å². The van der Waals surface area contributed by atoms with Crippen LogP contribution in [0.25, 0.3) is 11.2 Å². The minimum absolute atomic E-state index is 0.111. The van der Waals surface area contributed by atoms with E-state index in [1.807, 2.05) is 0 Å². The van der Waals surface area contributed by atoms with Crippen LogP contribution in [0.1, 0.15) is 0 Å². The maximum Gasteiger partial charge on any atom is 0.350 e. The topological polar surface area (TPSA) is 148 Å². The average Bonchev–Trinajstić information content (AvgIpc) is 2.75. The molecular weight excluding hydrogens is 287 g/mol. The van der Waals surface area contributed by atoms with Crippen molar-refractivity contribution in [3.05, 3.63) is 6.33 Å². The summed E-state index contributed by atoms with van der Waals surface area (Å²) in [5.74, 6) is 0.627. The molecule has 110 valence electrons. The molecule has 0 aliphatic heterocycles. The predicted molar refractivity (Wildman–Crippen MR) is 72.1 cm³/mol. The molecule has 2 aromatic heterocycles. The summed E-state index contributed by atoms with van der Waals surface area (Å²) < 4.78 is 17.2. The van der Waals surface area contributed by atoms with Gasteiger partial charge in [-0.2, -0.15) is 9.97 Å². The molecule has 0 aromatic carbocycles. The van der Waals surface area contributed by atoms with Gasteiger partial charge in [-0.25, -0.2) is 4.98 Å². The van der Waals surface area contributed by atoms with E-state index in [2.05, 4.69) is 20.3 Å². The van der Waals surface area contributed by atoms with Gasteiger partial charge in [0.15, 0.2) is 17.0 Å². The zero-order valence-corrected chi connectivity index (χ0v) is 11.6. The fourth-order valence-electron chi connectivity index (χ4n) is 1.65. The maximum absolute atomic E-state index is 10.6. The molecule has 10 nitrogen and oxygen atoms in total. The van der Waals surface area contributed by atoms with Gasteiger partial charge < -0.3 is 30.1 Å². The van der Waals surface area contributed by atoms with Crippen molar-refractivity contribution in [3.63, 3.8) is 0 Å². The third-order valence-electron chi connectivity index (χ3n) is 2.45. The molecule has 20 heavy (non-hydrogen) atoms. The smallest absolute Gasteiger partial charge is 0.350 e. The Morgan fingerprint density at radius 2 is 2.25 bits per heavy atom. The summed E-state index contributed by atoms with van der Waals surface area (Å²) in [5.41, 5.74) is 6.70. The van der Waals surface area contributed by atoms with E-state index in [4.69, 9.17) is 20.3 Å². The van der Waals surface area contributed by atoms with E-state index in [0.717, 1.165) is 0 Å². The monoisotopic (exact) mass is 302 g/mol. The normalized spacial score (nSPS) is 11.9. The van der Waals surface area contributed by atoms with Crippen molar-refractivity contribution >= 4 is 30.5 Å². The molecule has 0 radical (unpaired) electrons. The maximum atomic E-state index is 10.6. The summed E-state index contributed by atoms with van der Waals surface area (Å²) in [6.07, 6.45) is 0.930. The van der Waals surface area contributed by atoms with Gasteiger partial charge >= 0.3 is 7.60 Å². The Morgan fingerprint density at radius 3 is 2.90 bits per heavy atom. The van der Waals surface area contributed by atoms with Gasteiger partial charge in [-0.1, -0.05) is 0 Å². The van der Waals surface area contributed by atoms with E-state index >= 15 is 0 Å². The number of imidazole rings is 1. The van der Waals surface area contributed by atoms with Gasteiger partial charge in [0.05, 0.1) is 12.9 Å². The minimum Gasteiger partial charge on any atom is -0.371 e. The largest absolute Gasteiger partial charge is 0.371 e. The van der Waals surface area contributed by atoms with E-state index in [0.29, 0.717) is 23.5 Å². The van der Waals surface area contributed by atoms with Crippen LogP contribution in [-0.4, -0.2) is 49.3 Å². The number of hydrogen-bond donors (Lipinski definition) is 4. The number of fused-ring (bicyclic) bond motifs is 1. The first-order valence-corrected chi connectivity index (χ1v) is 7.49. The molecule has 0 aliphatic carbocycles. The van der Waals surface area contributed by atoms with Gasteiger partial charge in [-0.3, -0.25) is 4.57 Å². The van der Waals surface area contributed by atoms with Crippen LogP contribution in [0.4, 0.5) is 11.8 Å². The molecule has 5 N–H and O–H groups in total. The lowest BCUT2D eigenvalue weighted by Crippen LogP contribution is -2.08. The highest BCUT2D eigenvalue weighted by atomic mass is 31.2. The molecule has 0 atom stereocenters. The van der Waals surface area contributed by atoms with E-state index in [9.17, 15) is 4.57 Å². The van der Waals surface area contributed by atoms with Crippen LogP contribution in [0.3, 0.4) is 0 Å². The minimum atomic E-state index is -4.14. The van der Waals surface area contributed by atoms with Crippen molar-refractivity contribution < 1.29 is 19.1 Å². The zero-order chi connectivity index (χ0) is 14.8. The second kappa shape index (κ2) is 5.71. The molecule has 0 saturated heterocycles. The molecule has 2 rings (SSSR count). The summed E-state index contributed by atoms with van der Waals surface area (Å²) in [5, 5.41) is 2.87. The lowest BCUT2D eigenvalue weighted by atomic mass is 10.5. The third kappa shape index (κ3) is 3.42. The van der Waals surface area contributed by atoms with Crippen LogP contribution >= 0.6 is 7.60 Å². The number of nitrogens with one attached hydrogen (secondary N) is 1. The predicted octanol–water partition coefficient (Wildman–Crippen LogP) is -0.398. The van der Waals surface area contributed by atoms with Gasteiger partial charge in [0.2, 0.25) is 5.95 Å². The second-order valence-corrected chi connectivity index (χ2v) is 5.58. The Bertz CT molecular complexity index is 653. The lowest BCUT2D eigenvalue weighted by Gasteiger charge is -2.07. The van der Waals surface area contributed by atoms with Crippen LogP contribution in [0.5, 0.6) is 0 Å². The van der Waals surface area contributed by atoms with Gasteiger partial charge in [0.25, 0.3) is 0 Å². The SMILES string of the molecule is CNc1nc(N)nc2c1ncn2CCOCP(=O)(O)O. The highest BCUT2D eigenvalue weighted by Gasteiger charge is 2.14. The van der Waals surface area contributed by atoms with Crippen LogP contribution in [-0.2, 0) is 15.8 Å². The first-order valence-electron chi connectivity index (χ1n) is 5.69. The Hall–Kier alpha value is -1.74. The van der Waals surface area contributed by atoms with E-state index in [1.165, 1.54) is 0 Å². The molecule has 0 unspecified atom stereocenters. The summed E-state index contributed by atoms with van der Waals surface area (Å²) >= 11 is 0. The van der Waals surface area contributed by atoms with Gasteiger partial charge in [0.1, 0.15) is 6.35 Å². The lowest BCUT2D eigenvalue weighted by molar-refractivity contribution is 0.149. The molecule has 0 spiro atoms. The Labute approximate surface area is 114 Å². The average molecular weight is 302 g/mol. The Balaban J connectivity index is 2.11. The summed E-state index contributed by atoms with van der Waals surface area (Å²) in [7, 11) is -2.45. The Kier molecular flexibility index (Phi) is 4.19. The van der Waals surface area contributed by atoms with Crippen molar-refractivity contribution in [3.8, 4) is 0 Å². The third-order valence-corrected chi connectivity index (χ3v) is 2.97. The standard InChI is InChI=1S/C9H15N6O4P/c1-11-7-6-8(14-9(10)13-7)15(4-12-6)2-3-19-5-20(16,17)18/h4H,2-3,5H2,1H3,(H2,16,17,18)(H3,10,11,13,14). The van der Waals surface area contributed by atoms with Crippen molar-refractivity contribution in [2.24, 2.45) is 0 Å². The quantitative estimate of drug-likeness (QED) is 0.413. The number of hydrogen-bond acceptors (Lipinski definition) is 7. The first-order chi connectivity index (χ1) is 9.40.